The Morgan fingerprint density at radius 2 is 1.33 bits per heavy atom. The van der Waals surface area contributed by atoms with Crippen molar-refractivity contribution < 1.29 is 4.39 Å². The summed E-state index contributed by atoms with van der Waals surface area (Å²) < 4.78 is 13.5. The summed E-state index contributed by atoms with van der Waals surface area (Å²) >= 11 is 0. The minimum absolute atomic E-state index is 0.138. The number of allylic oxidation sites excluding steroid dienone is 2. The van der Waals surface area contributed by atoms with E-state index in [9.17, 15) is 4.39 Å². The summed E-state index contributed by atoms with van der Waals surface area (Å²) in [6, 6.07) is 11.9. The van der Waals surface area contributed by atoms with E-state index in [2.05, 4.69) is 37.3 Å². The van der Waals surface area contributed by atoms with Gasteiger partial charge in [-0.3, -0.25) is 0 Å². The van der Waals surface area contributed by atoms with E-state index >= 15 is 0 Å². The van der Waals surface area contributed by atoms with Gasteiger partial charge in [0.05, 0.1) is 0 Å². The largest absolute Gasteiger partial charge is 0.207 e. The fraction of sp³-hybridized carbons (Fsp3) is 0.586. The minimum Gasteiger partial charge on any atom is -0.207 e. The van der Waals surface area contributed by atoms with E-state index in [0.29, 0.717) is 5.92 Å². The third-order valence-electron chi connectivity index (χ3n) is 8.90. The molecular weight excluding hydrogens is 367 g/mol. The average molecular weight is 405 g/mol. The van der Waals surface area contributed by atoms with Crippen molar-refractivity contribution in [1.82, 2.24) is 0 Å². The molecule has 0 radical (unpaired) electrons. The maximum absolute atomic E-state index is 13.5. The van der Waals surface area contributed by atoms with Gasteiger partial charge in [-0.1, -0.05) is 36.4 Å². The lowest BCUT2D eigenvalue weighted by atomic mass is 9.61. The molecule has 2 aromatic rings. The number of hydrogen-bond acceptors (Lipinski definition) is 0. The first-order valence-electron chi connectivity index (χ1n) is 12.5. The molecule has 0 aliphatic heterocycles. The highest BCUT2D eigenvalue weighted by Crippen LogP contribution is 2.50. The van der Waals surface area contributed by atoms with Crippen molar-refractivity contribution in [2.75, 3.05) is 0 Å². The van der Waals surface area contributed by atoms with Gasteiger partial charge >= 0.3 is 0 Å². The van der Waals surface area contributed by atoms with E-state index < -0.39 is 0 Å². The zero-order valence-electron chi connectivity index (χ0n) is 18.5. The van der Waals surface area contributed by atoms with E-state index in [0.717, 1.165) is 35.0 Å². The molecular formula is C29H37F. The van der Waals surface area contributed by atoms with Crippen molar-refractivity contribution in [3.63, 3.8) is 0 Å². The molecule has 0 bridgehead atoms. The second-order valence-corrected chi connectivity index (χ2v) is 10.6. The predicted octanol–water partition coefficient (Wildman–Crippen LogP) is 8.66. The van der Waals surface area contributed by atoms with E-state index in [1.165, 1.54) is 75.2 Å². The predicted molar refractivity (Wildman–Crippen MR) is 125 cm³/mol. The second kappa shape index (κ2) is 8.85. The van der Waals surface area contributed by atoms with Crippen molar-refractivity contribution in [2.45, 2.75) is 77.0 Å². The Bertz CT molecular complexity index is 888. The van der Waals surface area contributed by atoms with E-state index in [4.69, 9.17) is 0 Å². The van der Waals surface area contributed by atoms with Gasteiger partial charge in [0.2, 0.25) is 0 Å². The molecule has 1 heteroatoms. The van der Waals surface area contributed by atoms with Crippen molar-refractivity contribution in [3.05, 3.63) is 59.9 Å². The molecule has 0 N–H and O–H groups in total. The molecule has 0 aromatic heterocycles. The lowest BCUT2D eigenvalue weighted by molar-refractivity contribution is 0.0719. The van der Waals surface area contributed by atoms with Gasteiger partial charge in [0, 0.05) is 0 Å². The summed E-state index contributed by atoms with van der Waals surface area (Å²) in [5.74, 6) is 5.40. The summed E-state index contributed by atoms with van der Waals surface area (Å²) in [5.41, 5.74) is 1.47. The first-order valence-corrected chi connectivity index (χ1v) is 12.5. The fourth-order valence-corrected chi connectivity index (χ4v) is 7.25. The molecule has 30 heavy (non-hydrogen) atoms. The van der Waals surface area contributed by atoms with Crippen molar-refractivity contribution in [1.29, 1.82) is 0 Å². The molecule has 4 atom stereocenters. The molecule has 3 aliphatic rings. The van der Waals surface area contributed by atoms with E-state index in [-0.39, 0.29) is 5.82 Å². The molecule has 2 aromatic carbocycles. The Hall–Kier alpha value is -1.63. The Balaban J connectivity index is 1.17. The first-order chi connectivity index (χ1) is 14.7. The van der Waals surface area contributed by atoms with E-state index in [1.54, 1.807) is 12.1 Å². The van der Waals surface area contributed by atoms with Crippen LogP contribution in [-0.4, -0.2) is 0 Å². The van der Waals surface area contributed by atoms with E-state index in [1.807, 2.05) is 6.07 Å². The highest BCUT2D eigenvalue weighted by molar-refractivity contribution is 5.83. The lowest BCUT2D eigenvalue weighted by Crippen LogP contribution is -2.34. The van der Waals surface area contributed by atoms with Gasteiger partial charge in [-0.05, 0) is 135 Å². The monoisotopic (exact) mass is 404 g/mol. The van der Waals surface area contributed by atoms with Gasteiger partial charge in [-0.15, -0.1) is 0 Å². The van der Waals surface area contributed by atoms with Crippen LogP contribution in [0.4, 0.5) is 4.39 Å². The molecule has 0 saturated heterocycles. The van der Waals surface area contributed by atoms with Gasteiger partial charge < -0.3 is 0 Å². The van der Waals surface area contributed by atoms with Crippen LogP contribution < -0.4 is 0 Å². The average Bonchev–Trinajstić information content (AvgIpc) is 2.79. The number of hydrogen-bond donors (Lipinski definition) is 0. The Labute approximate surface area is 182 Å². The van der Waals surface area contributed by atoms with Crippen LogP contribution in [0.3, 0.4) is 0 Å². The zero-order valence-corrected chi connectivity index (χ0v) is 18.5. The standard InChI is InChI=1S/C29H37F/c1-2-3-20-4-5-26-17-24(11-10-23(26)16-20)21-6-8-22(9-7-21)25-12-13-28-19-29(30)15-14-27(28)18-25/h2-3,12-15,18-24,26H,4-11,16-17H2,1H3/b3-2+. The quantitative estimate of drug-likeness (QED) is 0.449. The topological polar surface area (TPSA) is 0 Å². The molecule has 0 nitrogen and oxygen atoms in total. The second-order valence-electron chi connectivity index (χ2n) is 10.6. The fourth-order valence-electron chi connectivity index (χ4n) is 7.25. The van der Waals surface area contributed by atoms with Crippen LogP contribution >= 0.6 is 0 Å². The molecule has 0 heterocycles. The molecule has 3 aliphatic carbocycles. The molecule has 5 rings (SSSR count). The van der Waals surface area contributed by atoms with Crippen LogP contribution in [0.25, 0.3) is 10.8 Å². The summed E-state index contributed by atoms with van der Waals surface area (Å²) in [7, 11) is 0. The molecule has 3 saturated carbocycles. The molecule has 0 amide bonds. The Morgan fingerprint density at radius 3 is 2.13 bits per heavy atom. The summed E-state index contributed by atoms with van der Waals surface area (Å²) in [6.07, 6.45) is 19.1. The normalized spacial score (nSPS) is 34.9. The maximum Gasteiger partial charge on any atom is 0.123 e. The van der Waals surface area contributed by atoms with Crippen molar-refractivity contribution >= 4 is 10.8 Å². The van der Waals surface area contributed by atoms with Gasteiger partial charge in [0.25, 0.3) is 0 Å². The molecule has 4 unspecified atom stereocenters. The van der Waals surface area contributed by atoms with Crippen LogP contribution in [0.5, 0.6) is 0 Å². The highest BCUT2D eigenvalue weighted by Gasteiger charge is 2.38. The maximum atomic E-state index is 13.5. The highest BCUT2D eigenvalue weighted by atomic mass is 19.1. The first kappa shape index (κ1) is 20.3. The number of halogens is 1. The number of rotatable bonds is 3. The Kier molecular flexibility index (Phi) is 5.98. The van der Waals surface area contributed by atoms with Gasteiger partial charge in [0.15, 0.2) is 0 Å². The van der Waals surface area contributed by atoms with Crippen LogP contribution in [-0.2, 0) is 0 Å². The molecule has 160 valence electrons. The molecule has 0 spiro atoms. The van der Waals surface area contributed by atoms with Crippen LogP contribution in [0, 0.1) is 35.4 Å². The third-order valence-corrected chi connectivity index (χ3v) is 8.90. The molecule has 3 fully saturated rings. The smallest absolute Gasteiger partial charge is 0.123 e. The lowest BCUT2D eigenvalue weighted by Gasteiger charge is -2.45. The van der Waals surface area contributed by atoms with Crippen molar-refractivity contribution in [2.24, 2.45) is 29.6 Å². The third kappa shape index (κ3) is 4.23. The summed E-state index contributed by atoms with van der Waals surface area (Å²) in [5, 5.41) is 2.20. The van der Waals surface area contributed by atoms with Gasteiger partial charge in [0.1, 0.15) is 5.82 Å². The summed E-state index contributed by atoms with van der Waals surface area (Å²) in [4.78, 5) is 0. The summed E-state index contributed by atoms with van der Waals surface area (Å²) in [6.45, 7) is 2.18. The van der Waals surface area contributed by atoms with Crippen LogP contribution in [0.1, 0.15) is 82.6 Å². The number of benzene rings is 2. The Morgan fingerprint density at radius 1 is 0.700 bits per heavy atom. The SMILES string of the molecule is C/C=C/C1CCC2CC(C3CCC(c4ccc5cc(F)ccc5c4)CC3)CCC2C1. The van der Waals surface area contributed by atoms with Crippen LogP contribution in [0.2, 0.25) is 0 Å². The zero-order chi connectivity index (χ0) is 20.5. The van der Waals surface area contributed by atoms with Crippen molar-refractivity contribution in [3.8, 4) is 0 Å². The number of fused-ring (bicyclic) bond motifs is 2. The minimum atomic E-state index is -0.138. The van der Waals surface area contributed by atoms with Gasteiger partial charge in [-0.25, -0.2) is 4.39 Å². The van der Waals surface area contributed by atoms with Crippen LogP contribution in [0.15, 0.2) is 48.6 Å². The van der Waals surface area contributed by atoms with Gasteiger partial charge in [-0.2, -0.15) is 0 Å².